The molecule has 0 aliphatic carbocycles. The molecule has 1 aromatic heterocycles. The number of rotatable bonds is 6. The standard InChI is InChI=1S/C24H26ClN3O5S/c1-16-4-6-20-21(14-16)33-24(30)28(20)18-8-12-26(13-9-18)10-2-3-11-27-23(29)19-15-17(25)5-7-22(19)34(27,31)32/h4-7,14-15,18H,2-3,8-13H2,1H3. The van der Waals surface area contributed by atoms with Gasteiger partial charge in [-0.15, -0.1) is 0 Å². The number of fused-ring (bicyclic) bond motifs is 2. The van der Waals surface area contributed by atoms with Crippen molar-refractivity contribution in [2.45, 2.75) is 43.5 Å². The molecule has 0 radical (unpaired) electrons. The Bertz CT molecular complexity index is 1420. The van der Waals surface area contributed by atoms with E-state index in [4.69, 9.17) is 16.0 Å². The van der Waals surface area contributed by atoms with E-state index < -0.39 is 15.9 Å². The molecule has 34 heavy (non-hydrogen) atoms. The average Bonchev–Trinajstić information content (AvgIpc) is 3.21. The van der Waals surface area contributed by atoms with Crippen LogP contribution in [0.5, 0.6) is 0 Å². The maximum Gasteiger partial charge on any atom is 0.420 e. The molecule has 0 N–H and O–H groups in total. The van der Waals surface area contributed by atoms with Gasteiger partial charge < -0.3 is 9.32 Å². The van der Waals surface area contributed by atoms with Crippen molar-refractivity contribution in [1.82, 2.24) is 13.8 Å². The SMILES string of the molecule is Cc1ccc2c(c1)oc(=O)n2C1CCN(CCCCN2C(=O)c3cc(Cl)ccc3S2(=O)=O)CC1. The van der Waals surface area contributed by atoms with Crippen LogP contribution in [-0.2, 0) is 10.0 Å². The largest absolute Gasteiger partial charge is 0.420 e. The van der Waals surface area contributed by atoms with Crippen LogP contribution in [0.3, 0.4) is 0 Å². The number of aryl methyl sites for hydroxylation is 1. The number of benzene rings is 2. The molecule has 1 saturated heterocycles. The maximum absolute atomic E-state index is 12.7. The summed E-state index contributed by atoms with van der Waals surface area (Å²) in [4.78, 5) is 27.4. The quantitative estimate of drug-likeness (QED) is 0.475. The van der Waals surface area contributed by atoms with Crippen molar-refractivity contribution in [1.29, 1.82) is 0 Å². The Morgan fingerprint density at radius 2 is 1.76 bits per heavy atom. The third kappa shape index (κ3) is 4.06. The molecule has 0 unspecified atom stereocenters. The monoisotopic (exact) mass is 503 g/mol. The lowest BCUT2D eigenvalue weighted by Crippen LogP contribution is -2.37. The van der Waals surface area contributed by atoms with Crippen molar-refractivity contribution < 1.29 is 17.6 Å². The predicted molar refractivity (Wildman–Crippen MR) is 129 cm³/mol. The van der Waals surface area contributed by atoms with Crippen LogP contribution in [0.1, 0.15) is 47.6 Å². The Hall–Kier alpha value is -2.62. The first-order chi connectivity index (χ1) is 16.3. The van der Waals surface area contributed by atoms with Crippen molar-refractivity contribution in [2.24, 2.45) is 0 Å². The number of carbonyl (C=O) groups excluding carboxylic acids is 1. The molecule has 1 fully saturated rings. The zero-order valence-corrected chi connectivity index (χ0v) is 20.4. The summed E-state index contributed by atoms with van der Waals surface area (Å²) in [5, 5.41) is 0.341. The van der Waals surface area contributed by atoms with Crippen molar-refractivity contribution in [3.63, 3.8) is 0 Å². The summed E-state index contributed by atoms with van der Waals surface area (Å²) < 4.78 is 33.6. The van der Waals surface area contributed by atoms with Gasteiger partial charge in [0.25, 0.3) is 15.9 Å². The van der Waals surface area contributed by atoms with Gasteiger partial charge >= 0.3 is 5.76 Å². The zero-order chi connectivity index (χ0) is 24.0. The molecule has 2 aliphatic rings. The second-order valence-corrected chi connectivity index (χ2v) is 11.3. The summed E-state index contributed by atoms with van der Waals surface area (Å²) in [5.41, 5.74) is 2.67. The molecule has 180 valence electrons. The van der Waals surface area contributed by atoms with Gasteiger partial charge in [-0.2, -0.15) is 0 Å². The minimum Gasteiger partial charge on any atom is -0.408 e. The van der Waals surface area contributed by atoms with E-state index in [0.29, 0.717) is 17.0 Å². The molecular formula is C24H26ClN3O5S. The Labute approximate surface area is 202 Å². The van der Waals surface area contributed by atoms with Crippen LogP contribution in [0.15, 0.2) is 50.5 Å². The third-order valence-electron chi connectivity index (χ3n) is 6.74. The van der Waals surface area contributed by atoms with Crippen LogP contribution >= 0.6 is 11.6 Å². The van der Waals surface area contributed by atoms with E-state index in [0.717, 1.165) is 54.3 Å². The van der Waals surface area contributed by atoms with E-state index in [-0.39, 0.29) is 28.8 Å². The number of sulfonamides is 1. The van der Waals surface area contributed by atoms with Crippen molar-refractivity contribution in [3.05, 3.63) is 63.1 Å². The van der Waals surface area contributed by atoms with Gasteiger partial charge in [0.15, 0.2) is 5.58 Å². The number of piperidine rings is 1. The van der Waals surface area contributed by atoms with E-state index in [1.54, 1.807) is 4.57 Å². The fraction of sp³-hybridized carbons (Fsp3) is 0.417. The first-order valence-electron chi connectivity index (χ1n) is 11.5. The normalized spacial score (nSPS) is 18.6. The van der Waals surface area contributed by atoms with Gasteiger partial charge in [-0.05, 0) is 75.0 Å². The molecule has 8 nitrogen and oxygen atoms in total. The van der Waals surface area contributed by atoms with E-state index in [1.807, 2.05) is 25.1 Å². The molecule has 0 atom stereocenters. The summed E-state index contributed by atoms with van der Waals surface area (Å²) in [6.07, 6.45) is 3.04. The van der Waals surface area contributed by atoms with Crippen LogP contribution in [0.25, 0.3) is 11.1 Å². The number of oxazole rings is 1. The molecule has 0 bridgehead atoms. The van der Waals surface area contributed by atoms with Gasteiger partial charge in [-0.3, -0.25) is 9.36 Å². The second kappa shape index (κ2) is 8.87. The van der Waals surface area contributed by atoms with Crippen molar-refractivity contribution >= 4 is 38.6 Å². The molecule has 1 amide bonds. The molecular weight excluding hydrogens is 478 g/mol. The van der Waals surface area contributed by atoms with Crippen LogP contribution < -0.4 is 5.76 Å². The van der Waals surface area contributed by atoms with Crippen LogP contribution in [0.2, 0.25) is 5.02 Å². The summed E-state index contributed by atoms with van der Waals surface area (Å²) in [5.74, 6) is -0.816. The first-order valence-corrected chi connectivity index (χ1v) is 13.3. The predicted octanol–water partition coefficient (Wildman–Crippen LogP) is 3.82. The number of nitrogens with zero attached hydrogens (tertiary/aromatic N) is 3. The Morgan fingerprint density at radius 3 is 2.53 bits per heavy atom. The number of hydrogen-bond donors (Lipinski definition) is 0. The van der Waals surface area contributed by atoms with Gasteiger partial charge in [-0.1, -0.05) is 17.7 Å². The Kier molecular flexibility index (Phi) is 6.03. The summed E-state index contributed by atoms with van der Waals surface area (Å²) in [6, 6.07) is 10.2. The highest BCUT2D eigenvalue weighted by atomic mass is 35.5. The van der Waals surface area contributed by atoms with E-state index >= 15 is 0 Å². The smallest absolute Gasteiger partial charge is 0.408 e. The van der Waals surface area contributed by atoms with E-state index in [2.05, 4.69) is 4.90 Å². The molecule has 3 aromatic rings. The van der Waals surface area contributed by atoms with Gasteiger partial charge in [0.1, 0.15) is 4.90 Å². The van der Waals surface area contributed by atoms with Crippen LogP contribution in [0.4, 0.5) is 0 Å². The third-order valence-corrected chi connectivity index (χ3v) is 8.82. The van der Waals surface area contributed by atoms with Crippen LogP contribution in [0, 0.1) is 6.92 Å². The molecule has 10 heteroatoms. The number of likely N-dealkylation sites (tertiary alicyclic amines) is 1. The molecule has 5 rings (SSSR count). The lowest BCUT2D eigenvalue weighted by molar-refractivity contribution is 0.0868. The van der Waals surface area contributed by atoms with Gasteiger partial charge in [0, 0.05) is 30.7 Å². The summed E-state index contributed by atoms with van der Waals surface area (Å²) in [6.45, 7) is 4.63. The number of unbranched alkanes of at least 4 members (excludes halogenated alkanes) is 1. The molecule has 2 aromatic carbocycles. The highest BCUT2D eigenvalue weighted by molar-refractivity contribution is 7.90. The number of halogens is 1. The average molecular weight is 504 g/mol. The maximum atomic E-state index is 12.7. The lowest BCUT2D eigenvalue weighted by atomic mass is 10.0. The van der Waals surface area contributed by atoms with Gasteiger partial charge in [0.2, 0.25) is 0 Å². The number of amides is 1. The molecule has 3 heterocycles. The summed E-state index contributed by atoms with van der Waals surface area (Å²) in [7, 11) is -3.80. The Balaban J connectivity index is 1.14. The molecule has 2 aliphatic heterocycles. The topological polar surface area (TPSA) is 92.8 Å². The minimum absolute atomic E-state index is 0.0288. The number of hydrogen-bond acceptors (Lipinski definition) is 6. The molecule has 0 saturated carbocycles. The van der Waals surface area contributed by atoms with Crippen molar-refractivity contribution in [2.75, 3.05) is 26.2 Å². The van der Waals surface area contributed by atoms with E-state index in [9.17, 15) is 18.0 Å². The molecule has 0 spiro atoms. The highest BCUT2D eigenvalue weighted by Crippen LogP contribution is 2.32. The lowest BCUT2D eigenvalue weighted by Gasteiger charge is -2.32. The number of carbonyl (C=O) groups is 1. The second-order valence-electron chi connectivity index (χ2n) is 9.01. The Morgan fingerprint density at radius 1 is 1.03 bits per heavy atom. The zero-order valence-electron chi connectivity index (χ0n) is 18.9. The minimum atomic E-state index is -3.80. The fourth-order valence-electron chi connectivity index (χ4n) is 4.96. The number of aromatic nitrogens is 1. The van der Waals surface area contributed by atoms with Crippen molar-refractivity contribution in [3.8, 4) is 0 Å². The van der Waals surface area contributed by atoms with Crippen LogP contribution in [-0.4, -0.2) is 54.3 Å². The first kappa shape index (κ1) is 23.1. The fourth-order valence-corrected chi connectivity index (χ4v) is 6.72. The van der Waals surface area contributed by atoms with Gasteiger partial charge in [-0.25, -0.2) is 17.5 Å². The van der Waals surface area contributed by atoms with Gasteiger partial charge in [0.05, 0.1) is 11.1 Å². The van der Waals surface area contributed by atoms with E-state index in [1.165, 1.54) is 18.2 Å². The highest BCUT2D eigenvalue weighted by Gasteiger charge is 2.40. The summed E-state index contributed by atoms with van der Waals surface area (Å²) >= 11 is 5.93.